The Bertz CT molecular complexity index is 411. The molecule has 0 heterocycles. The maximum absolute atomic E-state index is 5.84. The van der Waals surface area contributed by atoms with Gasteiger partial charge in [0.2, 0.25) is 0 Å². The molecule has 0 bridgehead atoms. The van der Waals surface area contributed by atoms with E-state index in [0.29, 0.717) is 5.92 Å². The van der Waals surface area contributed by atoms with Gasteiger partial charge in [-0.3, -0.25) is 0 Å². The van der Waals surface area contributed by atoms with E-state index in [2.05, 4.69) is 50.1 Å². The largest absolute Gasteiger partial charge is 0.330 e. The third-order valence-corrected chi connectivity index (χ3v) is 4.28. The molecule has 0 aliphatic heterocycles. The van der Waals surface area contributed by atoms with Crippen LogP contribution in [0.15, 0.2) is 24.3 Å². The van der Waals surface area contributed by atoms with Gasteiger partial charge in [0.25, 0.3) is 0 Å². The SMILES string of the molecule is CN(CC1CCCc2ccccc21)CC(C)(C)CN. The Morgan fingerprint density at radius 1 is 1.32 bits per heavy atom. The molecule has 1 aromatic rings. The molecule has 2 heteroatoms. The van der Waals surface area contributed by atoms with Crippen LogP contribution >= 0.6 is 0 Å². The summed E-state index contributed by atoms with van der Waals surface area (Å²) >= 11 is 0. The minimum absolute atomic E-state index is 0.211. The van der Waals surface area contributed by atoms with Crippen LogP contribution in [-0.2, 0) is 6.42 Å². The summed E-state index contributed by atoms with van der Waals surface area (Å²) in [6.07, 6.45) is 3.91. The van der Waals surface area contributed by atoms with Gasteiger partial charge in [-0.25, -0.2) is 0 Å². The number of nitrogens with two attached hydrogens (primary N) is 1. The average Bonchev–Trinajstić information content (AvgIpc) is 2.38. The van der Waals surface area contributed by atoms with Crippen LogP contribution in [-0.4, -0.2) is 31.6 Å². The predicted molar refractivity (Wildman–Crippen MR) is 82.5 cm³/mol. The van der Waals surface area contributed by atoms with Crippen molar-refractivity contribution in [2.24, 2.45) is 11.1 Å². The van der Waals surface area contributed by atoms with Crippen molar-refractivity contribution in [3.63, 3.8) is 0 Å². The molecule has 1 unspecified atom stereocenters. The molecule has 0 radical (unpaired) electrons. The van der Waals surface area contributed by atoms with Crippen LogP contribution in [0.2, 0.25) is 0 Å². The highest BCUT2D eigenvalue weighted by Crippen LogP contribution is 2.32. The number of hydrogen-bond donors (Lipinski definition) is 1. The van der Waals surface area contributed by atoms with Crippen LogP contribution in [0.25, 0.3) is 0 Å². The highest BCUT2D eigenvalue weighted by Gasteiger charge is 2.24. The summed E-state index contributed by atoms with van der Waals surface area (Å²) in [6, 6.07) is 8.97. The molecule has 1 aliphatic carbocycles. The van der Waals surface area contributed by atoms with E-state index in [1.54, 1.807) is 11.1 Å². The summed E-state index contributed by atoms with van der Waals surface area (Å²) in [5.41, 5.74) is 9.18. The fraction of sp³-hybridized carbons (Fsp3) is 0.647. The molecule has 0 aromatic heterocycles. The molecule has 0 fully saturated rings. The van der Waals surface area contributed by atoms with Crippen LogP contribution < -0.4 is 5.73 Å². The first-order valence-electron chi connectivity index (χ1n) is 7.48. The summed E-state index contributed by atoms with van der Waals surface area (Å²) < 4.78 is 0. The Labute approximate surface area is 118 Å². The lowest BCUT2D eigenvalue weighted by Crippen LogP contribution is -2.38. The first kappa shape index (κ1) is 14.5. The van der Waals surface area contributed by atoms with Crippen LogP contribution in [0.4, 0.5) is 0 Å². The van der Waals surface area contributed by atoms with Crippen LogP contribution in [0, 0.1) is 5.41 Å². The van der Waals surface area contributed by atoms with Gasteiger partial charge in [-0.05, 0) is 55.3 Å². The highest BCUT2D eigenvalue weighted by molar-refractivity contribution is 5.32. The molecule has 0 spiro atoms. The van der Waals surface area contributed by atoms with Crippen molar-refractivity contribution in [3.8, 4) is 0 Å². The third kappa shape index (κ3) is 3.80. The fourth-order valence-electron chi connectivity index (χ4n) is 3.28. The molecule has 106 valence electrons. The van der Waals surface area contributed by atoms with E-state index in [4.69, 9.17) is 5.73 Å². The molecule has 2 nitrogen and oxygen atoms in total. The van der Waals surface area contributed by atoms with Gasteiger partial charge in [0.1, 0.15) is 0 Å². The summed E-state index contributed by atoms with van der Waals surface area (Å²) in [4.78, 5) is 2.46. The number of fused-ring (bicyclic) bond motifs is 1. The monoisotopic (exact) mass is 260 g/mol. The summed E-state index contributed by atoms with van der Waals surface area (Å²) in [5, 5.41) is 0. The van der Waals surface area contributed by atoms with Crippen molar-refractivity contribution in [2.45, 2.75) is 39.0 Å². The molecule has 0 saturated heterocycles. The van der Waals surface area contributed by atoms with Gasteiger partial charge in [0.15, 0.2) is 0 Å². The van der Waals surface area contributed by atoms with E-state index < -0.39 is 0 Å². The van der Waals surface area contributed by atoms with Gasteiger partial charge >= 0.3 is 0 Å². The molecule has 1 aliphatic rings. The van der Waals surface area contributed by atoms with Crippen molar-refractivity contribution in [1.29, 1.82) is 0 Å². The van der Waals surface area contributed by atoms with Crippen LogP contribution in [0.3, 0.4) is 0 Å². The molecule has 0 amide bonds. The third-order valence-electron chi connectivity index (χ3n) is 4.28. The van der Waals surface area contributed by atoms with Gasteiger partial charge in [0.05, 0.1) is 0 Å². The highest BCUT2D eigenvalue weighted by atomic mass is 15.1. The Hall–Kier alpha value is -0.860. The van der Waals surface area contributed by atoms with E-state index >= 15 is 0 Å². The first-order chi connectivity index (χ1) is 9.02. The number of likely N-dealkylation sites (N-methyl/N-ethyl adjacent to an activating group) is 1. The number of nitrogens with zero attached hydrogens (tertiary/aromatic N) is 1. The smallest absolute Gasteiger partial charge is 0.00476 e. The second-order valence-electron chi connectivity index (χ2n) is 6.85. The van der Waals surface area contributed by atoms with E-state index in [1.165, 1.54) is 19.3 Å². The number of benzene rings is 1. The molecule has 19 heavy (non-hydrogen) atoms. The van der Waals surface area contributed by atoms with Crippen molar-refractivity contribution >= 4 is 0 Å². The molecule has 2 N–H and O–H groups in total. The maximum Gasteiger partial charge on any atom is 0.00476 e. The van der Waals surface area contributed by atoms with Gasteiger partial charge < -0.3 is 10.6 Å². The zero-order chi connectivity index (χ0) is 13.9. The van der Waals surface area contributed by atoms with E-state index in [1.807, 2.05) is 0 Å². The lowest BCUT2D eigenvalue weighted by atomic mass is 9.82. The summed E-state index contributed by atoms with van der Waals surface area (Å²) in [7, 11) is 2.23. The minimum atomic E-state index is 0.211. The standard InChI is InChI=1S/C17H28N2/c1-17(2,12-18)13-19(3)11-15-9-6-8-14-7-4-5-10-16(14)15/h4-5,7,10,15H,6,8-9,11-13,18H2,1-3H3. The molecular weight excluding hydrogens is 232 g/mol. The maximum atomic E-state index is 5.84. The number of aryl methyl sites for hydroxylation is 1. The Kier molecular flexibility index (Phi) is 4.64. The Morgan fingerprint density at radius 3 is 2.79 bits per heavy atom. The molecule has 0 saturated carbocycles. The Morgan fingerprint density at radius 2 is 2.05 bits per heavy atom. The van der Waals surface area contributed by atoms with Crippen molar-refractivity contribution in [3.05, 3.63) is 35.4 Å². The van der Waals surface area contributed by atoms with Crippen molar-refractivity contribution in [2.75, 3.05) is 26.7 Å². The quantitative estimate of drug-likeness (QED) is 0.882. The second kappa shape index (κ2) is 6.06. The van der Waals surface area contributed by atoms with Crippen molar-refractivity contribution < 1.29 is 0 Å². The van der Waals surface area contributed by atoms with Gasteiger partial charge in [-0.2, -0.15) is 0 Å². The molecule has 1 atom stereocenters. The lowest BCUT2D eigenvalue weighted by molar-refractivity contribution is 0.202. The number of hydrogen-bond acceptors (Lipinski definition) is 2. The molecule has 1 aromatic carbocycles. The van der Waals surface area contributed by atoms with E-state index in [9.17, 15) is 0 Å². The minimum Gasteiger partial charge on any atom is -0.330 e. The second-order valence-corrected chi connectivity index (χ2v) is 6.85. The molecule has 2 rings (SSSR count). The lowest BCUT2D eigenvalue weighted by Gasteiger charge is -2.33. The van der Waals surface area contributed by atoms with Gasteiger partial charge in [0, 0.05) is 13.1 Å². The Balaban J connectivity index is 2.01. The average molecular weight is 260 g/mol. The van der Waals surface area contributed by atoms with Crippen LogP contribution in [0.5, 0.6) is 0 Å². The first-order valence-corrected chi connectivity index (χ1v) is 7.48. The normalized spacial score (nSPS) is 19.5. The summed E-state index contributed by atoms with van der Waals surface area (Å²) in [5.74, 6) is 0.698. The van der Waals surface area contributed by atoms with E-state index in [-0.39, 0.29) is 5.41 Å². The van der Waals surface area contributed by atoms with E-state index in [0.717, 1.165) is 19.6 Å². The van der Waals surface area contributed by atoms with Gasteiger partial charge in [-0.1, -0.05) is 38.1 Å². The predicted octanol–water partition coefficient (Wildman–Crippen LogP) is 3.02. The zero-order valence-corrected chi connectivity index (χ0v) is 12.7. The molecular formula is C17H28N2. The fourth-order valence-corrected chi connectivity index (χ4v) is 3.28. The van der Waals surface area contributed by atoms with Crippen molar-refractivity contribution in [1.82, 2.24) is 4.90 Å². The summed E-state index contributed by atoms with van der Waals surface area (Å²) in [6.45, 7) is 7.47. The van der Waals surface area contributed by atoms with Gasteiger partial charge in [-0.15, -0.1) is 0 Å². The zero-order valence-electron chi connectivity index (χ0n) is 12.7. The number of rotatable bonds is 5. The van der Waals surface area contributed by atoms with Crippen LogP contribution in [0.1, 0.15) is 43.7 Å². The topological polar surface area (TPSA) is 29.3 Å².